The summed E-state index contributed by atoms with van der Waals surface area (Å²) in [5.41, 5.74) is 6.36. The number of nitrogens with two attached hydrogens (primary N) is 1. The number of carbonyl (C=O) groups excluding carboxylic acids is 1. The van der Waals surface area contributed by atoms with Gasteiger partial charge in [-0.25, -0.2) is 0 Å². The molecule has 1 rings (SSSR count). The van der Waals surface area contributed by atoms with Crippen molar-refractivity contribution in [3.8, 4) is 5.75 Å². The summed E-state index contributed by atoms with van der Waals surface area (Å²) >= 11 is 0. The molecular weight excluding hydrogens is 240 g/mol. The van der Waals surface area contributed by atoms with Gasteiger partial charge in [-0.3, -0.25) is 4.79 Å². The van der Waals surface area contributed by atoms with E-state index in [4.69, 9.17) is 10.5 Å². The van der Waals surface area contributed by atoms with Crippen molar-refractivity contribution in [1.82, 2.24) is 0 Å². The van der Waals surface area contributed by atoms with E-state index in [1.165, 1.54) is 0 Å². The average molecular weight is 264 g/mol. The van der Waals surface area contributed by atoms with Crippen LogP contribution in [0.25, 0.3) is 0 Å². The predicted molar refractivity (Wildman–Crippen MR) is 78.3 cm³/mol. The van der Waals surface area contributed by atoms with Gasteiger partial charge in [0.15, 0.2) is 0 Å². The van der Waals surface area contributed by atoms with Gasteiger partial charge in [-0.15, -0.1) is 0 Å². The molecule has 3 N–H and O–H groups in total. The molecule has 0 saturated heterocycles. The maximum absolute atomic E-state index is 12.1. The van der Waals surface area contributed by atoms with E-state index in [-0.39, 0.29) is 11.8 Å². The Balaban J connectivity index is 2.72. The first-order valence-corrected chi connectivity index (χ1v) is 6.95. The van der Waals surface area contributed by atoms with Crippen LogP contribution in [0.4, 0.5) is 5.69 Å². The van der Waals surface area contributed by atoms with Crippen molar-refractivity contribution in [1.29, 1.82) is 0 Å². The molecule has 0 spiro atoms. The minimum absolute atomic E-state index is 0.0306. The van der Waals surface area contributed by atoms with Crippen LogP contribution in [0, 0.1) is 5.92 Å². The highest BCUT2D eigenvalue weighted by Crippen LogP contribution is 2.24. The largest absolute Gasteiger partial charge is 0.491 e. The summed E-state index contributed by atoms with van der Waals surface area (Å²) < 4.78 is 5.61. The minimum Gasteiger partial charge on any atom is -0.491 e. The predicted octanol–water partition coefficient (Wildman–Crippen LogP) is 2.79. The minimum atomic E-state index is -0.135. The highest BCUT2D eigenvalue weighted by atomic mass is 16.5. The third-order valence-corrected chi connectivity index (χ3v) is 2.90. The SMILES string of the molecule is CCCOc1ccccc1NC(=O)C(CN)CCC. The molecule has 4 nitrogen and oxygen atoms in total. The Morgan fingerprint density at radius 3 is 2.68 bits per heavy atom. The van der Waals surface area contributed by atoms with Gasteiger partial charge in [-0.2, -0.15) is 0 Å². The van der Waals surface area contributed by atoms with E-state index >= 15 is 0 Å². The number of carbonyl (C=O) groups is 1. The van der Waals surface area contributed by atoms with Crippen LogP contribution in [0.2, 0.25) is 0 Å². The van der Waals surface area contributed by atoms with Crippen LogP contribution in [0.15, 0.2) is 24.3 Å². The molecule has 19 heavy (non-hydrogen) atoms. The van der Waals surface area contributed by atoms with Crippen LogP contribution >= 0.6 is 0 Å². The van der Waals surface area contributed by atoms with Crippen molar-refractivity contribution in [2.24, 2.45) is 11.7 Å². The van der Waals surface area contributed by atoms with Crippen LogP contribution in [0.3, 0.4) is 0 Å². The molecule has 1 aromatic carbocycles. The number of ether oxygens (including phenoxy) is 1. The molecule has 106 valence electrons. The van der Waals surface area contributed by atoms with Gasteiger partial charge in [-0.05, 0) is 25.0 Å². The number of para-hydroxylation sites is 2. The van der Waals surface area contributed by atoms with Crippen LogP contribution in [0.5, 0.6) is 5.75 Å². The molecule has 0 bridgehead atoms. The number of hydrogen-bond acceptors (Lipinski definition) is 3. The second-order valence-corrected chi connectivity index (χ2v) is 4.56. The summed E-state index contributed by atoms with van der Waals surface area (Å²) in [6, 6.07) is 7.49. The molecule has 0 aliphatic rings. The van der Waals surface area contributed by atoms with E-state index in [9.17, 15) is 4.79 Å². The lowest BCUT2D eigenvalue weighted by molar-refractivity contribution is -0.119. The quantitative estimate of drug-likeness (QED) is 0.759. The summed E-state index contributed by atoms with van der Waals surface area (Å²) in [6.07, 6.45) is 2.69. The van der Waals surface area contributed by atoms with Crippen molar-refractivity contribution in [2.75, 3.05) is 18.5 Å². The Kier molecular flexibility index (Phi) is 6.97. The smallest absolute Gasteiger partial charge is 0.228 e. The Bertz CT molecular complexity index is 393. The van der Waals surface area contributed by atoms with E-state index in [1.54, 1.807) is 0 Å². The zero-order valence-corrected chi connectivity index (χ0v) is 11.8. The maximum Gasteiger partial charge on any atom is 0.228 e. The first-order chi connectivity index (χ1) is 9.22. The number of rotatable bonds is 8. The number of nitrogens with one attached hydrogen (secondary N) is 1. The Morgan fingerprint density at radius 1 is 1.32 bits per heavy atom. The fraction of sp³-hybridized carbons (Fsp3) is 0.533. The Hall–Kier alpha value is -1.55. The zero-order valence-electron chi connectivity index (χ0n) is 11.8. The van der Waals surface area contributed by atoms with Gasteiger partial charge in [-0.1, -0.05) is 32.4 Å². The van der Waals surface area contributed by atoms with Crippen molar-refractivity contribution in [3.05, 3.63) is 24.3 Å². The molecule has 0 aromatic heterocycles. The van der Waals surface area contributed by atoms with Crippen molar-refractivity contribution in [3.63, 3.8) is 0 Å². The number of anilines is 1. The topological polar surface area (TPSA) is 64.3 Å². The van der Waals surface area contributed by atoms with E-state index in [0.717, 1.165) is 24.9 Å². The van der Waals surface area contributed by atoms with Crippen LogP contribution < -0.4 is 15.8 Å². The molecule has 4 heteroatoms. The Labute approximate surface area is 115 Å². The molecule has 1 amide bonds. The van der Waals surface area contributed by atoms with Crippen LogP contribution in [-0.2, 0) is 4.79 Å². The van der Waals surface area contributed by atoms with Crippen LogP contribution in [0.1, 0.15) is 33.1 Å². The second kappa shape index (κ2) is 8.53. The fourth-order valence-corrected chi connectivity index (χ4v) is 1.85. The number of benzene rings is 1. The van der Waals surface area contributed by atoms with E-state index in [0.29, 0.717) is 18.9 Å². The number of amides is 1. The lowest BCUT2D eigenvalue weighted by Crippen LogP contribution is -2.29. The highest BCUT2D eigenvalue weighted by molar-refractivity contribution is 5.94. The maximum atomic E-state index is 12.1. The molecule has 0 heterocycles. The van der Waals surface area contributed by atoms with Gasteiger partial charge < -0.3 is 15.8 Å². The van der Waals surface area contributed by atoms with Crippen molar-refractivity contribution in [2.45, 2.75) is 33.1 Å². The molecule has 0 saturated carbocycles. The zero-order chi connectivity index (χ0) is 14.1. The summed E-state index contributed by atoms with van der Waals surface area (Å²) in [5.74, 6) is 0.547. The third kappa shape index (κ3) is 4.91. The molecule has 0 aliphatic carbocycles. The van der Waals surface area contributed by atoms with Gasteiger partial charge in [0.25, 0.3) is 0 Å². The monoisotopic (exact) mass is 264 g/mol. The fourth-order valence-electron chi connectivity index (χ4n) is 1.85. The van der Waals surface area contributed by atoms with E-state index < -0.39 is 0 Å². The van der Waals surface area contributed by atoms with E-state index in [1.807, 2.05) is 38.1 Å². The summed E-state index contributed by atoms with van der Waals surface area (Å²) in [4.78, 5) is 12.1. The molecule has 1 unspecified atom stereocenters. The summed E-state index contributed by atoms with van der Waals surface area (Å²) in [6.45, 7) is 5.11. The second-order valence-electron chi connectivity index (χ2n) is 4.56. The van der Waals surface area contributed by atoms with Crippen LogP contribution in [-0.4, -0.2) is 19.1 Å². The molecule has 0 radical (unpaired) electrons. The van der Waals surface area contributed by atoms with E-state index in [2.05, 4.69) is 5.32 Å². The van der Waals surface area contributed by atoms with Gasteiger partial charge in [0, 0.05) is 6.54 Å². The first kappa shape index (κ1) is 15.5. The van der Waals surface area contributed by atoms with Gasteiger partial charge >= 0.3 is 0 Å². The first-order valence-electron chi connectivity index (χ1n) is 6.95. The number of hydrogen-bond donors (Lipinski definition) is 2. The van der Waals surface area contributed by atoms with Crippen molar-refractivity contribution >= 4 is 11.6 Å². The summed E-state index contributed by atoms with van der Waals surface area (Å²) in [5, 5.41) is 2.91. The van der Waals surface area contributed by atoms with Crippen molar-refractivity contribution < 1.29 is 9.53 Å². The van der Waals surface area contributed by atoms with Gasteiger partial charge in [0.05, 0.1) is 18.2 Å². The highest BCUT2D eigenvalue weighted by Gasteiger charge is 2.17. The standard InChI is InChI=1S/C15H24N2O2/c1-3-7-12(11-16)15(18)17-13-8-5-6-9-14(13)19-10-4-2/h5-6,8-9,12H,3-4,7,10-11,16H2,1-2H3,(H,17,18). The molecule has 1 aromatic rings. The average Bonchev–Trinajstić information content (AvgIpc) is 2.43. The lowest BCUT2D eigenvalue weighted by atomic mass is 10.0. The molecule has 0 aliphatic heterocycles. The van der Waals surface area contributed by atoms with Gasteiger partial charge in [0.1, 0.15) is 5.75 Å². The lowest BCUT2D eigenvalue weighted by Gasteiger charge is -2.16. The third-order valence-electron chi connectivity index (χ3n) is 2.90. The molecule has 0 fully saturated rings. The molecular formula is C15H24N2O2. The normalized spacial score (nSPS) is 11.9. The molecule has 1 atom stereocenters. The summed E-state index contributed by atoms with van der Waals surface area (Å²) in [7, 11) is 0. The Morgan fingerprint density at radius 2 is 2.05 bits per heavy atom. The van der Waals surface area contributed by atoms with Gasteiger partial charge in [0.2, 0.25) is 5.91 Å².